The number of para-hydroxylation sites is 3. The number of hydrogen-bond acceptors (Lipinski definition) is 2. The average Bonchev–Trinajstić information content (AvgIpc) is 3.66. The van der Waals surface area contributed by atoms with Crippen LogP contribution in [0.5, 0.6) is 0 Å². The summed E-state index contributed by atoms with van der Waals surface area (Å²) in [4.78, 5) is 0. The van der Waals surface area contributed by atoms with E-state index in [9.17, 15) is 0 Å². The molecule has 3 aromatic heterocycles. The van der Waals surface area contributed by atoms with E-state index in [1.807, 2.05) is 23.5 Å². The van der Waals surface area contributed by atoms with Crippen molar-refractivity contribution in [1.29, 1.82) is 0 Å². The molecule has 0 aliphatic rings. The van der Waals surface area contributed by atoms with Gasteiger partial charge >= 0.3 is 0 Å². The van der Waals surface area contributed by atoms with Crippen LogP contribution in [-0.4, -0.2) is 4.57 Å². The first-order valence-corrected chi connectivity index (χ1v) is 14.0. The Kier molecular flexibility index (Phi) is 4.24. The smallest absolute Gasteiger partial charge is 0.136 e. The first kappa shape index (κ1) is 21.1. The van der Waals surface area contributed by atoms with Crippen LogP contribution < -0.4 is 0 Å². The van der Waals surface area contributed by atoms with Gasteiger partial charge in [0.05, 0.1) is 16.7 Å². The fraction of sp³-hybridized carbons (Fsp3) is 0. The minimum absolute atomic E-state index is 0.924. The number of aromatic nitrogens is 1. The molecule has 0 bridgehead atoms. The van der Waals surface area contributed by atoms with E-state index in [0.29, 0.717) is 0 Å². The third-order valence-corrected chi connectivity index (χ3v) is 9.13. The Morgan fingerprint density at radius 3 is 1.92 bits per heavy atom. The number of thiophene rings is 1. The number of nitrogens with zero attached hydrogens (tertiary/aromatic N) is 1. The summed E-state index contributed by atoms with van der Waals surface area (Å²) in [6, 6.07) is 45.8. The summed E-state index contributed by atoms with van der Waals surface area (Å²) in [5, 5.41) is 7.46. The van der Waals surface area contributed by atoms with Crippen LogP contribution in [-0.2, 0) is 0 Å². The highest BCUT2D eigenvalue weighted by Crippen LogP contribution is 2.45. The second kappa shape index (κ2) is 7.83. The van der Waals surface area contributed by atoms with Crippen LogP contribution in [0, 0.1) is 0 Å². The molecule has 9 rings (SSSR count). The molecule has 0 radical (unpaired) electrons. The normalized spacial score (nSPS) is 12.1. The lowest BCUT2D eigenvalue weighted by atomic mass is 9.97. The van der Waals surface area contributed by atoms with E-state index in [0.717, 1.165) is 21.9 Å². The summed E-state index contributed by atoms with van der Waals surface area (Å²) in [7, 11) is 0. The van der Waals surface area contributed by atoms with Gasteiger partial charge in [0.25, 0.3) is 0 Å². The predicted octanol–water partition coefficient (Wildman–Crippen LogP) is 10.7. The fourth-order valence-electron chi connectivity index (χ4n) is 6.35. The monoisotopic (exact) mass is 515 g/mol. The van der Waals surface area contributed by atoms with Gasteiger partial charge in [0, 0.05) is 41.7 Å². The van der Waals surface area contributed by atoms with Crippen LogP contribution in [0.4, 0.5) is 0 Å². The van der Waals surface area contributed by atoms with Crippen molar-refractivity contribution in [3.8, 4) is 16.8 Å². The molecular formula is C36H21NOS. The highest BCUT2D eigenvalue weighted by molar-refractivity contribution is 7.26. The van der Waals surface area contributed by atoms with E-state index in [4.69, 9.17) is 4.42 Å². The Morgan fingerprint density at radius 2 is 1.13 bits per heavy atom. The molecule has 0 spiro atoms. The van der Waals surface area contributed by atoms with Crippen LogP contribution in [0.1, 0.15) is 0 Å². The van der Waals surface area contributed by atoms with Crippen molar-refractivity contribution in [3.05, 3.63) is 127 Å². The molecule has 0 saturated carbocycles. The molecule has 182 valence electrons. The molecule has 0 atom stereocenters. The SMILES string of the molecule is c1ccc2c(c1)oc1cc(-c3cccc4sc5cccc(-n6c7ccccc7c7ccccc76)c5c34)ccc12. The van der Waals surface area contributed by atoms with Crippen molar-refractivity contribution in [2.75, 3.05) is 0 Å². The summed E-state index contributed by atoms with van der Waals surface area (Å²) in [6.07, 6.45) is 0. The van der Waals surface area contributed by atoms with Gasteiger partial charge in [-0.15, -0.1) is 11.3 Å². The van der Waals surface area contributed by atoms with Gasteiger partial charge in [-0.05, 0) is 59.7 Å². The minimum Gasteiger partial charge on any atom is -0.456 e. The van der Waals surface area contributed by atoms with Gasteiger partial charge < -0.3 is 8.98 Å². The Hall–Kier alpha value is -4.86. The van der Waals surface area contributed by atoms with Gasteiger partial charge in [0.2, 0.25) is 0 Å². The summed E-state index contributed by atoms with van der Waals surface area (Å²) in [5.41, 5.74) is 7.93. The zero-order valence-corrected chi connectivity index (χ0v) is 21.7. The molecule has 0 aliphatic heterocycles. The Labute approximate surface area is 227 Å². The molecule has 0 fully saturated rings. The highest BCUT2D eigenvalue weighted by atomic mass is 32.1. The molecule has 0 unspecified atom stereocenters. The van der Waals surface area contributed by atoms with Crippen molar-refractivity contribution >= 4 is 75.3 Å². The minimum atomic E-state index is 0.924. The van der Waals surface area contributed by atoms with Gasteiger partial charge in [-0.25, -0.2) is 0 Å². The van der Waals surface area contributed by atoms with Crippen molar-refractivity contribution in [3.63, 3.8) is 0 Å². The summed E-state index contributed by atoms with van der Waals surface area (Å²) in [6.45, 7) is 0. The number of fused-ring (bicyclic) bond motifs is 9. The summed E-state index contributed by atoms with van der Waals surface area (Å²) >= 11 is 1.86. The molecular weight excluding hydrogens is 494 g/mol. The molecule has 0 amide bonds. The molecule has 0 aliphatic carbocycles. The van der Waals surface area contributed by atoms with E-state index >= 15 is 0 Å². The van der Waals surface area contributed by atoms with Crippen LogP contribution >= 0.6 is 11.3 Å². The lowest BCUT2D eigenvalue weighted by Gasteiger charge is -2.12. The van der Waals surface area contributed by atoms with Gasteiger partial charge in [0.15, 0.2) is 0 Å². The zero-order valence-electron chi connectivity index (χ0n) is 20.9. The summed E-state index contributed by atoms with van der Waals surface area (Å²) in [5.74, 6) is 0. The van der Waals surface area contributed by atoms with Gasteiger partial charge in [-0.1, -0.05) is 78.9 Å². The van der Waals surface area contributed by atoms with Crippen molar-refractivity contribution in [2.24, 2.45) is 0 Å². The quantitative estimate of drug-likeness (QED) is 0.224. The third kappa shape index (κ3) is 2.91. The first-order chi connectivity index (χ1) is 19.3. The summed E-state index contributed by atoms with van der Waals surface area (Å²) < 4.78 is 11.3. The second-order valence-electron chi connectivity index (χ2n) is 10.1. The predicted molar refractivity (Wildman–Crippen MR) is 166 cm³/mol. The molecule has 0 saturated heterocycles. The second-order valence-corrected chi connectivity index (χ2v) is 11.2. The maximum atomic E-state index is 6.27. The highest BCUT2D eigenvalue weighted by Gasteiger charge is 2.19. The van der Waals surface area contributed by atoms with E-state index in [1.165, 1.54) is 58.8 Å². The van der Waals surface area contributed by atoms with Gasteiger partial charge in [0.1, 0.15) is 11.2 Å². The molecule has 6 aromatic carbocycles. The van der Waals surface area contributed by atoms with Crippen LogP contribution in [0.15, 0.2) is 132 Å². The molecule has 0 N–H and O–H groups in total. The van der Waals surface area contributed by atoms with Crippen molar-refractivity contribution in [1.82, 2.24) is 4.57 Å². The van der Waals surface area contributed by atoms with Crippen LogP contribution in [0.2, 0.25) is 0 Å². The molecule has 39 heavy (non-hydrogen) atoms. The van der Waals surface area contributed by atoms with Crippen molar-refractivity contribution in [2.45, 2.75) is 0 Å². The molecule has 2 nitrogen and oxygen atoms in total. The Morgan fingerprint density at radius 1 is 0.487 bits per heavy atom. The number of furan rings is 1. The molecule has 9 aromatic rings. The topological polar surface area (TPSA) is 18.1 Å². The molecule has 3 heteroatoms. The lowest BCUT2D eigenvalue weighted by Crippen LogP contribution is -1.94. The maximum absolute atomic E-state index is 6.27. The van der Waals surface area contributed by atoms with E-state index in [1.54, 1.807) is 0 Å². The van der Waals surface area contributed by atoms with Crippen molar-refractivity contribution < 1.29 is 4.42 Å². The Bertz CT molecular complexity index is 2350. The van der Waals surface area contributed by atoms with E-state index in [-0.39, 0.29) is 0 Å². The van der Waals surface area contributed by atoms with Crippen LogP contribution in [0.25, 0.3) is 80.7 Å². The average molecular weight is 516 g/mol. The zero-order chi connectivity index (χ0) is 25.5. The standard InChI is InChI=1S/C36H21NOS/c1-4-13-28-24(9-1)25-10-2-5-14-29(25)37(28)30-15-8-18-34-36(30)35-23(12-7-17-33(35)39-34)22-19-20-27-26-11-3-6-16-31(26)38-32(27)21-22/h1-21H. The lowest BCUT2D eigenvalue weighted by molar-refractivity contribution is 0.669. The van der Waals surface area contributed by atoms with E-state index < -0.39 is 0 Å². The largest absolute Gasteiger partial charge is 0.456 e. The Balaban J connectivity index is 1.39. The fourth-order valence-corrected chi connectivity index (χ4v) is 7.50. The first-order valence-electron chi connectivity index (χ1n) is 13.2. The van der Waals surface area contributed by atoms with Crippen LogP contribution in [0.3, 0.4) is 0 Å². The molecule has 3 heterocycles. The van der Waals surface area contributed by atoms with Gasteiger partial charge in [-0.2, -0.15) is 0 Å². The number of benzene rings is 6. The van der Waals surface area contributed by atoms with E-state index in [2.05, 4.69) is 120 Å². The third-order valence-electron chi connectivity index (χ3n) is 8.01. The number of rotatable bonds is 2. The van der Waals surface area contributed by atoms with Gasteiger partial charge in [-0.3, -0.25) is 0 Å². The maximum Gasteiger partial charge on any atom is 0.136 e. The number of hydrogen-bond donors (Lipinski definition) is 0.